The molecule has 19 heavy (non-hydrogen) atoms. The molecule has 1 saturated heterocycles. The first-order valence-electron chi connectivity index (χ1n) is 6.60. The molecule has 0 radical (unpaired) electrons. The van der Waals surface area contributed by atoms with Gasteiger partial charge >= 0.3 is 0 Å². The molecule has 98 valence electrons. The Balaban J connectivity index is 1.65. The Hall–Kier alpha value is -1.49. The Morgan fingerprint density at radius 1 is 1.21 bits per heavy atom. The van der Waals surface area contributed by atoms with Gasteiger partial charge in [0.05, 0.1) is 5.69 Å². The highest BCUT2D eigenvalue weighted by Crippen LogP contribution is 2.45. The number of amides is 2. The Bertz CT molecular complexity index is 570. The highest BCUT2D eigenvalue weighted by atomic mass is 32.2. The van der Waals surface area contributed by atoms with Crippen LogP contribution in [0.4, 0.5) is 5.69 Å². The quantitative estimate of drug-likeness (QED) is 0.824. The largest absolute Gasteiger partial charge is 0.331 e. The highest BCUT2D eigenvalue weighted by molar-refractivity contribution is 8.01. The van der Waals surface area contributed by atoms with Crippen molar-refractivity contribution in [1.82, 2.24) is 4.90 Å². The smallest absolute Gasteiger partial charge is 0.257 e. The minimum Gasteiger partial charge on any atom is -0.331 e. The lowest BCUT2D eigenvalue weighted by atomic mass is 10.2. The molecule has 5 heteroatoms. The number of hydrogen-bond acceptors (Lipinski definition) is 3. The topological polar surface area (TPSA) is 40.6 Å². The van der Waals surface area contributed by atoms with Gasteiger partial charge in [-0.25, -0.2) is 0 Å². The van der Waals surface area contributed by atoms with Crippen molar-refractivity contribution in [2.75, 3.05) is 18.0 Å². The van der Waals surface area contributed by atoms with E-state index in [0.717, 1.165) is 17.1 Å². The summed E-state index contributed by atoms with van der Waals surface area (Å²) in [5, 5.41) is -0.377. The van der Waals surface area contributed by atoms with Crippen LogP contribution in [0.2, 0.25) is 0 Å². The van der Waals surface area contributed by atoms with Crippen LogP contribution < -0.4 is 4.90 Å². The summed E-state index contributed by atoms with van der Waals surface area (Å²) in [6.07, 6.45) is 2.39. The van der Waals surface area contributed by atoms with Crippen LogP contribution in [-0.2, 0) is 9.59 Å². The van der Waals surface area contributed by atoms with E-state index >= 15 is 0 Å². The van der Waals surface area contributed by atoms with Gasteiger partial charge < -0.3 is 4.90 Å². The average Bonchev–Trinajstić information content (AvgIpc) is 3.12. The second kappa shape index (κ2) is 4.00. The zero-order valence-electron chi connectivity index (χ0n) is 10.4. The minimum absolute atomic E-state index is 0.0442. The van der Waals surface area contributed by atoms with E-state index in [1.807, 2.05) is 24.3 Å². The SMILES string of the molecule is O=C1C2Sc3ccccc3N2C(=O)CN1CC1CC1. The standard InChI is InChI=1S/C14H14N2O2S/c17-12-8-15(7-9-5-6-9)13(18)14-16(12)10-3-1-2-4-11(10)19-14/h1-4,9,14H,5-8H2. The zero-order chi connectivity index (χ0) is 13.0. The van der Waals surface area contributed by atoms with Gasteiger partial charge in [-0.15, -0.1) is 0 Å². The van der Waals surface area contributed by atoms with E-state index in [2.05, 4.69) is 0 Å². The van der Waals surface area contributed by atoms with E-state index in [0.29, 0.717) is 5.92 Å². The van der Waals surface area contributed by atoms with Crippen molar-refractivity contribution in [2.45, 2.75) is 23.1 Å². The summed E-state index contributed by atoms with van der Waals surface area (Å²) in [7, 11) is 0. The van der Waals surface area contributed by atoms with E-state index in [-0.39, 0.29) is 23.7 Å². The maximum absolute atomic E-state index is 12.5. The van der Waals surface area contributed by atoms with Crippen LogP contribution in [0, 0.1) is 5.92 Å². The van der Waals surface area contributed by atoms with Crippen molar-refractivity contribution in [3.63, 3.8) is 0 Å². The third-order valence-corrected chi connectivity index (χ3v) is 5.13. The lowest BCUT2D eigenvalue weighted by molar-refractivity contribution is -0.139. The molecule has 1 aliphatic carbocycles. The number of fused-ring (bicyclic) bond motifs is 3. The van der Waals surface area contributed by atoms with E-state index in [9.17, 15) is 9.59 Å². The summed E-state index contributed by atoms with van der Waals surface area (Å²) in [4.78, 5) is 29.3. The van der Waals surface area contributed by atoms with Gasteiger partial charge in [0.25, 0.3) is 5.91 Å². The number of anilines is 1. The fourth-order valence-corrected chi connectivity index (χ4v) is 3.99. The van der Waals surface area contributed by atoms with E-state index in [1.165, 1.54) is 24.6 Å². The number of thioether (sulfide) groups is 1. The number of piperazine rings is 1. The molecule has 2 aliphatic heterocycles. The maximum atomic E-state index is 12.5. The van der Waals surface area contributed by atoms with Crippen LogP contribution in [-0.4, -0.2) is 35.2 Å². The predicted molar refractivity (Wildman–Crippen MR) is 72.9 cm³/mol. The summed E-state index contributed by atoms with van der Waals surface area (Å²) in [6, 6.07) is 7.76. The first-order chi connectivity index (χ1) is 9.24. The summed E-state index contributed by atoms with van der Waals surface area (Å²) < 4.78 is 0. The summed E-state index contributed by atoms with van der Waals surface area (Å²) >= 11 is 1.50. The average molecular weight is 274 g/mol. The second-order valence-electron chi connectivity index (χ2n) is 5.36. The molecule has 0 bridgehead atoms. The van der Waals surface area contributed by atoms with Gasteiger partial charge in [-0.05, 0) is 30.9 Å². The van der Waals surface area contributed by atoms with Crippen LogP contribution in [0.5, 0.6) is 0 Å². The third-order valence-electron chi connectivity index (χ3n) is 3.89. The molecule has 1 unspecified atom stereocenters. The lowest BCUT2D eigenvalue weighted by Gasteiger charge is -2.35. The third kappa shape index (κ3) is 1.75. The summed E-state index contributed by atoms with van der Waals surface area (Å²) in [5.41, 5.74) is 0.891. The van der Waals surface area contributed by atoms with E-state index in [1.54, 1.807) is 9.80 Å². The molecule has 2 amide bonds. The second-order valence-corrected chi connectivity index (χ2v) is 6.49. The highest BCUT2D eigenvalue weighted by Gasteiger charge is 2.46. The molecule has 2 heterocycles. The molecule has 3 aliphatic rings. The van der Waals surface area contributed by atoms with Crippen LogP contribution in [0.25, 0.3) is 0 Å². The summed E-state index contributed by atoms with van der Waals surface area (Å²) in [6.45, 7) is 0.993. The van der Waals surface area contributed by atoms with Gasteiger partial charge in [0.2, 0.25) is 5.91 Å². The molecule has 1 saturated carbocycles. The van der Waals surface area contributed by atoms with Crippen molar-refractivity contribution in [3.05, 3.63) is 24.3 Å². The van der Waals surface area contributed by atoms with Crippen molar-refractivity contribution in [3.8, 4) is 0 Å². The monoisotopic (exact) mass is 274 g/mol. The molecule has 4 rings (SSSR count). The Kier molecular flexibility index (Phi) is 2.39. The first-order valence-corrected chi connectivity index (χ1v) is 7.48. The zero-order valence-corrected chi connectivity index (χ0v) is 11.2. The normalized spacial score (nSPS) is 25.6. The molecule has 1 aromatic carbocycles. The van der Waals surface area contributed by atoms with Gasteiger partial charge in [-0.1, -0.05) is 23.9 Å². The fourth-order valence-electron chi connectivity index (χ4n) is 2.72. The molecular weight excluding hydrogens is 260 g/mol. The van der Waals surface area contributed by atoms with Gasteiger partial charge in [0.15, 0.2) is 5.37 Å². The van der Waals surface area contributed by atoms with E-state index in [4.69, 9.17) is 0 Å². The first kappa shape index (κ1) is 11.3. The van der Waals surface area contributed by atoms with Crippen LogP contribution in [0.15, 0.2) is 29.2 Å². The van der Waals surface area contributed by atoms with Crippen molar-refractivity contribution in [2.24, 2.45) is 5.92 Å². The van der Waals surface area contributed by atoms with Crippen LogP contribution >= 0.6 is 11.8 Å². The number of carbonyl (C=O) groups is 2. The number of hydrogen-bond donors (Lipinski definition) is 0. The molecule has 0 aromatic heterocycles. The number of carbonyl (C=O) groups excluding carboxylic acids is 2. The molecule has 4 nitrogen and oxygen atoms in total. The van der Waals surface area contributed by atoms with Crippen LogP contribution in [0.1, 0.15) is 12.8 Å². The lowest BCUT2D eigenvalue weighted by Crippen LogP contribution is -2.57. The van der Waals surface area contributed by atoms with Gasteiger partial charge in [0.1, 0.15) is 6.54 Å². The van der Waals surface area contributed by atoms with Crippen LogP contribution in [0.3, 0.4) is 0 Å². The number of benzene rings is 1. The Morgan fingerprint density at radius 2 is 2.00 bits per heavy atom. The molecule has 0 N–H and O–H groups in total. The maximum Gasteiger partial charge on any atom is 0.257 e. The molecule has 0 spiro atoms. The van der Waals surface area contributed by atoms with Crippen molar-refractivity contribution >= 4 is 29.3 Å². The van der Waals surface area contributed by atoms with Gasteiger partial charge in [-0.2, -0.15) is 0 Å². The molecule has 1 aromatic rings. The molecule has 2 fully saturated rings. The Labute approximate surface area is 115 Å². The van der Waals surface area contributed by atoms with Crippen molar-refractivity contribution in [1.29, 1.82) is 0 Å². The molecule has 1 atom stereocenters. The van der Waals surface area contributed by atoms with Crippen molar-refractivity contribution < 1.29 is 9.59 Å². The molecular formula is C14H14N2O2S. The van der Waals surface area contributed by atoms with E-state index < -0.39 is 0 Å². The Morgan fingerprint density at radius 3 is 2.79 bits per heavy atom. The number of rotatable bonds is 2. The number of para-hydroxylation sites is 1. The number of nitrogens with zero attached hydrogens (tertiary/aromatic N) is 2. The summed E-state index contributed by atoms with van der Waals surface area (Å²) in [5.74, 6) is 0.757. The predicted octanol–water partition coefficient (Wildman–Crippen LogP) is 1.70. The van der Waals surface area contributed by atoms with Gasteiger partial charge in [-0.3, -0.25) is 14.5 Å². The fraction of sp³-hybridized carbons (Fsp3) is 0.429. The minimum atomic E-state index is -0.377. The van der Waals surface area contributed by atoms with Gasteiger partial charge in [0, 0.05) is 11.4 Å².